The Morgan fingerprint density at radius 1 is 0.571 bits per heavy atom. The molecule has 11 nitrogen and oxygen atoms in total. The molecule has 3 N–H and O–H groups in total. The first-order valence-electron chi connectivity index (χ1n) is 13.3. The Labute approximate surface area is 243 Å². The average molecular weight is 576 g/mol. The number of amides is 3. The van der Waals surface area contributed by atoms with Gasteiger partial charge in [0.2, 0.25) is 11.8 Å². The van der Waals surface area contributed by atoms with Crippen LogP contribution < -0.4 is 16.0 Å². The summed E-state index contributed by atoms with van der Waals surface area (Å²) in [6, 6.07) is 26.0. The van der Waals surface area contributed by atoms with Crippen LogP contribution in [0.15, 0.2) is 91.0 Å². The maximum atomic E-state index is 12.8. The summed E-state index contributed by atoms with van der Waals surface area (Å²) in [5.74, 6) is -2.62. The van der Waals surface area contributed by atoms with Gasteiger partial charge in [-0.1, -0.05) is 91.0 Å². The van der Waals surface area contributed by atoms with E-state index in [4.69, 9.17) is 14.2 Å². The number of benzene rings is 3. The minimum absolute atomic E-state index is 0.0206. The molecule has 3 aromatic rings. The first-order valence-corrected chi connectivity index (χ1v) is 13.3. The van der Waals surface area contributed by atoms with Gasteiger partial charge in [0.05, 0.1) is 6.54 Å². The normalized spacial score (nSPS) is 11.0. The molecule has 0 bridgehead atoms. The quantitative estimate of drug-likeness (QED) is 0.185. The van der Waals surface area contributed by atoms with Crippen LogP contribution in [0.5, 0.6) is 0 Å². The number of ether oxygens (including phenoxy) is 3. The highest BCUT2D eigenvalue weighted by atomic mass is 16.5. The third-order valence-corrected chi connectivity index (χ3v) is 5.78. The third kappa shape index (κ3) is 12.3. The Balaban J connectivity index is 1.43. The van der Waals surface area contributed by atoms with Crippen LogP contribution in [0, 0.1) is 0 Å². The summed E-state index contributed by atoms with van der Waals surface area (Å²) in [4.78, 5) is 61.5. The van der Waals surface area contributed by atoms with Gasteiger partial charge in [-0.15, -0.1) is 0 Å². The SMILES string of the molecule is O=C(CNC(=O)OCc1ccccc1)NCC(=O)N[C@H](CCC(=O)OCc1ccccc1)C(=O)OCc1ccccc1. The number of hydrogen-bond donors (Lipinski definition) is 3. The second kappa shape index (κ2) is 17.5. The molecule has 0 radical (unpaired) electrons. The molecule has 0 aliphatic rings. The van der Waals surface area contributed by atoms with Gasteiger partial charge in [-0.05, 0) is 23.1 Å². The molecule has 0 unspecified atom stereocenters. The number of nitrogens with one attached hydrogen (secondary N) is 3. The summed E-state index contributed by atoms with van der Waals surface area (Å²) in [5.41, 5.74) is 2.35. The fourth-order valence-electron chi connectivity index (χ4n) is 3.56. The van der Waals surface area contributed by atoms with E-state index in [1.807, 2.05) is 42.5 Å². The van der Waals surface area contributed by atoms with Crippen LogP contribution in [-0.4, -0.2) is 49.0 Å². The second-order valence-corrected chi connectivity index (χ2v) is 9.09. The largest absolute Gasteiger partial charge is 0.461 e. The van der Waals surface area contributed by atoms with E-state index in [1.165, 1.54) is 0 Å². The van der Waals surface area contributed by atoms with Crippen molar-refractivity contribution in [3.05, 3.63) is 108 Å². The maximum Gasteiger partial charge on any atom is 0.407 e. The zero-order valence-corrected chi connectivity index (χ0v) is 23.0. The number of carbonyl (C=O) groups excluding carboxylic acids is 5. The van der Waals surface area contributed by atoms with Gasteiger partial charge in [0.25, 0.3) is 0 Å². The Hall–Kier alpha value is -5.19. The molecule has 3 rings (SSSR count). The lowest BCUT2D eigenvalue weighted by molar-refractivity contribution is -0.150. The lowest BCUT2D eigenvalue weighted by atomic mass is 10.1. The maximum absolute atomic E-state index is 12.8. The van der Waals surface area contributed by atoms with Gasteiger partial charge in [0.15, 0.2) is 0 Å². The van der Waals surface area contributed by atoms with Gasteiger partial charge in [0, 0.05) is 6.42 Å². The van der Waals surface area contributed by atoms with Gasteiger partial charge in [-0.3, -0.25) is 14.4 Å². The summed E-state index contributed by atoms with van der Waals surface area (Å²) in [7, 11) is 0. The van der Waals surface area contributed by atoms with Crippen molar-refractivity contribution in [3.63, 3.8) is 0 Å². The highest BCUT2D eigenvalue weighted by Gasteiger charge is 2.24. The summed E-state index contributed by atoms with van der Waals surface area (Å²) >= 11 is 0. The van der Waals surface area contributed by atoms with Crippen LogP contribution in [0.2, 0.25) is 0 Å². The van der Waals surface area contributed by atoms with Crippen molar-refractivity contribution in [3.8, 4) is 0 Å². The van der Waals surface area contributed by atoms with Crippen LogP contribution in [0.3, 0.4) is 0 Å². The molecule has 0 aliphatic carbocycles. The van der Waals surface area contributed by atoms with Crippen molar-refractivity contribution in [2.45, 2.75) is 38.7 Å². The van der Waals surface area contributed by atoms with Crippen LogP contribution in [-0.2, 0) is 53.2 Å². The van der Waals surface area contributed by atoms with E-state index < -0.39 is 49.0 Å². The fourth-order valence-corrected chi connectivity index (χ4v) is 3.56. The highest BCUT2D eigenvalue weighted by molar-refractivity contribution is 5.89. The molecule has 0 spiro atoms. The smallest absolute Gasteiger partial charge is 0.407 e. The van der Waals surface area contributed by atoms with Gasteiger partial charge in [-0.25, -0.2) is 9.59 Å². The minimum atomic E-state index is -1.16. The fraction of sp³-hybridized carbons (Fsp3) is 0.258. The number of rotatable bonds is 15. The minimum Gasteiger partial charge on any atom is -0.461 e. The molecule has 220 valence electrons. The van der Waals surface area contributed by atoms with Gasteiger partial charge < -0.3 is 30.2 Å². The lowest BCUT2D eigenvalue weighted by Crippen LogP contribution is -2.47. The zero-order chi connectivity index (χ0) is 30.0. The van der Waals surface area contributed by atoms with E-state index in [0.717, 1.165) is 16.7 Å². The molecule has 0 heterocycles. The van der Waals surface area contributed by atoms with Crippen LogP contribution in [0.1, 0.15) is 29.5 Å². The monoisotopic (exact) mass is 575 g/mol. The number of esters is 2. The summed E-state index contributed by atoms with van der Waals surface area (Å²) in [6.45, 7) is -0.794. The Morgan fingerprint density at radius 3 is 1.60 bits per heavy atom. The summed E-state index contributed by atoms with van der Waals surface area (Å²) < 4.78 is 15.6. The molecule has 3 amide bonds. The average Bonchev–Trinajstić information content (AvgIpc) is 3.03. The van der Waals surface area contributed by atoms with E-state index in [1.54, 1.807) is 48.5 Å². The molecule has 0 fully saturated rings. The Morgan fingerprint density at radius 2 is 1.05 bits per heavy atom. The van der Waals surface area contributed by atoms with Crippen LogP contribution >= 0.6 is 0 Å². The molecule has 0 saturated heterocycles. The molecule has 3 aromatic carbocycles. The molecule has 0 aliphatic heterocycles. The van der Waals surface area contributed by atoms with Crippen molar-refractivity contribution in [1.29, 1.82) is 0 Å². The molecular formula is C31H33N3O8. The van der Waals surface area contributed by atoms with Crippen LogP contribution in [0.4, 0.5) is 4.79 Å². The summed E-state index contributed by atoms with van der Waals surface area (Å²) in [5, 5.41) is 7.14. The van der Waals surface area contributed by atoms with Gasteiger partial charge >= 0.3 is 18.0 Å². The standard InChI is InChI=1S/C31H33N3O8/c35-27(18-33-31(39)42-22-25-14-8-3-9-15-25)32-19-28(36)34-26(30(38)41-21-24-12-6-2-7-13-24)16-17-29(37)40-20-23-10-4-1-5-11-23/h1-15,26H,16-22H2,(H,32,35)(H,33,39)(H,34,36)/t26-/m1/s1. The third-order valence-electron chi connectivity index (χ3n) is 5.78. The van der Waals surface area contributed by atoms with Crippen molar-refractivity contribution < 1.29 is 38.2 Å². The lowest BCUT2D eigenvalue weighted by Gasteiger charge is -2.18. The molecule has 42 heavy (non-hydrogen) atoms. The van der Waals surface area contributed by atoms with Crippen molar-refractivity contribution >= 4 is 29.8 Å². The first kappa shape index (κ1) is 31.3. The first-order chi connectivity index (χ1) is 20.4. The van der Waals surface area contributed by atoms with Gasteiger partial charge in [-0.2, -0.15) is 0 Å². The predicted octanol–water partition coefficient (Wildman–Crippen LogP) is 2.78. The van der Waals surface area contributed by atoms with E-state index in [-0.39, 0.29) is 32.7 Å². The van der Waals surface area contributed by atoms with E-state index in [9.17, 15) is 24.0 Å². The molecular weight excluding hydrogens is 542 g/mol. The topological polar surface area (TPSA) is 149 Å². The zero-order valence-electron chi connectivity index (χ0n) is 23.0. The Bertz CT molecular complexity index is 1300. The van der Waals surface area contributed by atoms with Crippen LogP contribution in [0.25, 0.3) is 0 Å². The van der Waals surface area contributed by atoms with Gasteiger partial charge in [0.1, 0.15) is 32.4 Å². The van der Waals surface area contributed by atoms with E-state index >= 15 is 0 Å². The molecule has 11 heteroatoms. The van der Waals surface area contributed by atoms with E-state index in [2.05, 4.69) is 16.0 Å². The second-order valence-electron chi connectivity index (χ2n) is 9.09. The van der Waals surface area contributed by atoms with E-state index in [0.29, 0.717) is 0 Å². The van der Waals surface area contributed by atoms with Crippen molar-refractivity contribution in [1.82, 2.24) is 16.0 Å². The predicted molar refractivity (Wildman–Crippen MR) is 151 cm³/mol. The number of carbonyl (C=O) groups is 5. The molecule has 1 atom stereocenters. The Kier molecular flexibility index (Phi) is 13.1. The number of hydrogen-bond acceptors (Lipinski definition) is 8. The number of alkyl carbamates (subject to hydrolysis) is 1. The molecule has 0 saturated carbocycles. The van der Waals surface area contributed by atoms with Crippen molar-refractivity contribution in [2.75, 3.05) is 13.1 Å². The van der Waals surface area contributed by atoms with Crippen molar-refractivity contribution in [2.24, 2.45) is 0 Å². The molecule has 0 aromatic heterocycles. The highest BCUT2D eigenvalue weighted by Crippen LogP contribution is 2.08. The summed E-state index contributed by atoms with van der Waals surface area (Å²) in [6.07, 6.45) is -1.02.